The Bertz CT molecular complexity index is 262. The van der Waals surface area contributed by atoms with E-state index in [4.69, 9.17) is 0 Å². The van der Waals surface area contributed by atoms with Crippen molar-refractivity contribution >= 4 is 0 Å². The van der Waals surface area contributed by atoms with Gasteiger partial charge < -0.3 is 5.11 Å². The highest BCUT2D eigenvalue weighted by atomic mass is 16.3. The molecule has 0 bridgehead atoms. The number of aliphatic hydroxyl groups is 1. The molecule has 0 aliphatic heterocycles. The molecule has 2 fully saturated rings. The van der Waals surface area contributed by atoms with Crippen molar-refractivity contribution in [1.82, 2.24) is 0 Å². The summed E-state index contributed by atoms with van der Waals surface area (Å²) in [4.78, 5) is 0. The van der Waals surface area contributed by atoms with Crippen molar-refractivity contribution in [1.29, 1.82) is 0 Å². The van der Waals surface area contributed by atoms with E-state index in [2.05, 4.69) is 27.7 Å². The summed E-state index contributed by atoms with van der Waals surface area (Å²) < 4.78 is 0. The third kappa shape index (κ3) is 2.41. The summed E-state index contributed by atoms with van der Waals surface area (Å²) >= 11 is 0. The number of hydrogen-bond donors (Lipinski definition) is 1. The molecule has 2 aliphatic rings. The van der Waals surface area contributed by atoms with Crippen LogP contribution in [-0.2, 0) is 0 Å². The van der Waals surface area contributed by atoms with Crippen LogP contribution >= 0.6 is 0 Å². The minimum Gasteiger partial charge on any atom is -0.389 e. The van der Waals surface area contributed by atoms with Gasteiger partial charge in [-0.1, -0.05) is 47.0 Å². The summed E-state index contributed by atoms with van der Waals surface area (Å²) in [5, 5.41) is 11.1. The zero-order valence-electron chi connectivity index (χ0n) is 12.1. The molecule has 0 aromatic heterocycles. The van der Waals surface area contributed by atoms with Crippen LogP contribution in [0.3, 0.4) is 0 Å². The fourth-order valence-electron chi connectivity index (χ4n) is 4.26. The van der Waals surface area contributed by atoms with Gasteiger partial charge in [-0.2, -0.15) is 0 Å². The van der Waals surface area contributed by atoms with Crippen LogP contribution in [0.5, 0.6) is 0 Å². The van der Waals surface area contributed by atoms with E-state index in [9.17, 15) is 5.11 Å². The van der Waals surface area contributed by atoms with Crippen molar-refractivity contribution in [3.8, 4) is 0 Å². The van der Waals surface area contributed by atoms with Crippen molar-refractivity contribution in [2.75, 3.05) is 0 Å². The van der Waals surface area contributed by atoms with Gasteiger partial charge in [-0.05, 0) is 48.9 Å². The maximum absolute atomic E-state index is 11.1. The summed E-state index contributed by atoms with van der Waals surface area (Å²) in [7, 11) is 0. The lowest BCUT2D eigenvalue weighted by Crippen LogP contribution is -2.50. The fourth-order valence-corrected chi connectivity index (χ4v) is 4.26. The summed E-state index contributed by atoms with van der Waals surface area (Å²) in [6.45, 7) is 9.35. The van der Waals surface area contributed by atoms with Crippen molar-refractivity contribution in [2.45, 2.75) is 71.8 Å². The lowest BCUT2D eigenvalue weighted by molar-refractivity contribution is -0.123. The number of hydrogen-bond acceptors (Lipinski definition) is 1. The topological polar surface area (TPSA) is 20.2 Å². The summed E-state index contributed by atoms with van der Waals surface area (Å²) in [6, 6.07) is 0. The predicted octanol–water partition coefficient (Wildman–Crippen LogP) is 4.25. The Morgan fingerprint density at radius 1 is 0.882 bits per heavy atom. The molecular formula is C16H30O. The normalized spacial score (nSPS) is 52.4. The van der Waals surface area contributed by atoms with Crippen LogP contribution in [-0.4, -0.2) is 10.7 Å². The van der Waals surface area contributed by atoms with Crippen LogP contribution < -0.4 is 0 Å². The Balaban J connectivity index is 2.09. The average molecular weight is 238 g/mol. The van der Waals surface area contributed by atoms with Gasteiger partial charge >= 0.3 is 0 Å². The van der Waals surface area contributed by atoms with Crippen LogP contribution in [0, 0.1) is 29.6 Å². The first-order valence-corrected chi connectivity index (χ1v) is 7.67. The molecule has 17 heavy (non-hydrogen) atoms. The molecule has 0 aromatic carbocycles. The van der Waals surface area contributed by atoms with Crippen LogP contribution in [0.2, 0.25) is 0 Å². The fraction of sp³-hybridized carbons (Fsp3) is 1.00. The highest BCUT2D eigenvalue weighted by molar-refractivity contribution is 4.97. The molecule has 2 saturated carbocycles. The number of rotatable bonds is 1. The smallest absolute Gasteiger partial charge is 0.0703 e. The molecule has 1 heteroatoms. The van der Waals surface area contributed by atoms with Gasteiger partial charge in [-0.3, -0.25) is 0 Å². The van der Waals surface area contributed by atoms with Gasteiger partial charge in [0.1, 0.15) is 0 Å². The van der Waals surface area contributed by atoms with Crippen LogP contribution in [0.4, 0.5) is 0 Å². The molecule has 0 spiro atoms. The standard InChI is InChI=1S/C16H30O/c1-11-7-8-15(10-13(11)3)16(17)9-5-6-12(2)14(16)4/h11-15,17H,5-10H2,1-4H3. The van der Waals surface area contributed by atoms with E-state index in [0.717, 1.165) is 18.3 Å². The Morgan fingerprint density at radius 2 is 1.59 bits per heavy atom. The Hall–Kier alpha value is -0.0400. The lowest BCUT2D eigenvalue weighted by Gasteiger charge is -2.50. The van der Waals surface area contributed by atoms with Crippen molar-refractivity contribution < 1.29 is 5.11 Å². The predicted molar refractivity (Wildman–Crippen MR) is 72.8 cm³/mol. The summed E-state index contributed by atoms with van der Waals surface area (Å²) in [5.41, 5.74) is -0.355. The maximum Gasteiger partial charge on any atom is 0.0703 e. The van der Waals surface area contributed by atoms with Gasteiger partial charge in [0, 0.05) is 0 Å². The molecule has 0 heterocycles. The minimum absolute atomic E-state index is 0.355. The molecule has 6 atom stereocenters. The van der Waals surface area contributed by atoms with Gasteiger partial charge in [0.15, 0.2) is 0 Å². The zero-order valence-corrected chi connectivity index (χ0v) is 12.1. The van der Waals surface area contributed by atoms with E-state index in [1.807, 2.05) is 0 Å². The van der Waals surface area contributed by atoms with Crippen molar-refractivity contribution in [3.05, 3.63) is 0 Å². The van der Waals surface area contributed by atoms with Gasteiger partial charge in [0.25, 0.3) is 0 Å². The largest absolute Gasteiger partial charge is 0.389 e. The molecule has 1 N–H and O–H groups in total. The van der Waals surface area contributed by atoms with E-state index < -0.39 is 0 Å². The Labute approximate surface area is 107 Å². The molecule has 6 unspecified atom stereocenters. The van der Waals surface area contributed by atoms with Gasteiger partial charge in [-0.15, -0.1) is 0 Å². The Kier molecular flexibility index (Phi) is 3.87. The van der Waals surface area contributed by atoms with Gasteiger partial charge in [-0.25, -0.2) is 0 Å². The van der Waals surface area contributed by atoms with E-state index >= 15 is 0 Å². The molecule has 100 valence electrons. The second-order valence-corrected chi connectivity index (χ2v) is 7.11. The molecule has 0 aromatic rings. The molecular weight excluding hydrogens is 208 g/mol. The third-order valence-electron chi connectivity index (χ3n) is 6.18. The first-order valence-electron chi connectivity index (χ1n) is 7.67. The van der Waals surface area contributed by atoms with E-state index in [1.54, 1.807) is 0 Å². The molecule has 0 amide bonds. The van der Waals surface area contributed by atoms with E-state index in [1.165, 1.54) is 32.1 Å². The first-order chi connectivity index (χ1) is 7.95. The van der Waals surface area contributed by atoms with Crippen LogP contribution in [0.1, 0.15) is 66.2 Å². The highest BCUT2D eigenvalue weighted by Gasteiger charge is 2.47. The van der Waals surface area contributed by atoms with E-state index in [-0.39, 0.29) is 5.60 Å². The van der Waals surface area contributed by atoms with Crippen LogP contribution in [0.25, 0.3) is 0 Å². The molecule has 2 rings (SSSR count). The van der Waals surface area contributed by atoms with Crippen molar-refractivity contribution in [3.63, 3.8) is 0 Å². The average Bonchev–Trinajstić information content (AvgIpc) is 2.29. The minimum atomic E-state index is -0.355. The second-order valence-electron chi connectivity index (χ2n) is 7.11. The second kappa shape index (κ2) is 4.91. The molecule has 2 aliphatic carbocycles. The molecule has 0 radical (unpaired) electrons. The third-order valence-corrected chi connectivity index (χ3v) is 6.18. The summed E-state index contributed by atoms with van der Waals surface area (Å²) in [6.07, 6.45) is 7.39. The van der Waals surface area contributed by atoms with E-state index in [0.29, 0.717) is 17.8 Å². The summed E-state index contributed by atoms with van der Waals surface area (Å²) in [5.74, 6) is 3.39. The highest BCUT2D eigenvalue weighted by Crippen LogP contribution is 2.48. The first kappa shape index (κ1) is 13.4. The van der Waals surface area contributed by atoms with Gasteiger partial charge in [0.05, 0.1) is 5.60 Å². The van der Waals surface area contributed by atoms with Gasteiger partial charge in [0.2, 0.25) is 0 Å². The maximum atomic E-state index is 11.1. The zero-order chi connectivity index (χ0) is 12.6. The monoisotopic (exact) mass is 238 g/mol. The quantitative estimate of drug-likeness (QED) is 0.724. The lowest BCUT2D eigenvalue weighted by atomic mass is 9.59. The molecule has 0 saturated heterocycles. The Morgan fingerprint density at radius 3 is 2.24 bits per heavy atom. The molecule has 1 nitrogen and oxygen atoms in total. The van der Waals surface area contributed by atoms with Crippen LogP contribution in [0.15, 0.2) is 0 Å². The van der Waals surface area contributed by atoms with Crippen molar-refractivity contribution in [2.24, 2.45) is 29.6 Å². The SMILES string of the molecule is CC1CCC(C2(O)CCCC(C)C2C)CC1C.